The van der Waals surface area contributed by atoms with Gasteiger partial charge in [0.05, 0.1) is 6.07 Å². The van der Waals surface area contributed by atoms with Crippen molar-refractivity contribution in [1.29, 1.82) is 5.26 Å². The highest BCUT2D eigenvalue weighted by Crippen LogP contribution is 2.43. The fourth-order valence-corrected chi connectivity index (χ4v) is 3.23. The Labute approximate surface area is 116 Å². The third-order valence-corrected chi connectivity index (χ3v) is 4.47. The number of hydrogen-bond acceptors (Lipinski definition) is 2. The summed E-state index contributed by atoms with van der Waals surface area (Å²) in [4.78, 5) is 2.37. The zero-order valence-corrected chi connectivity index (χ0v) is 11.8. The Kier molecular flexibility index (Phi) is 4.39. The standard InChI is InChI=1S/C17H22N2/c1-19(2)17(16-8-4-3-5-9-16)12-10-15(11-13-17)7-6-14-18/h3-9,15H,10-13H2,1-2H3. The van der Waals surface area contributed by atoms with Crippen molar-refractivity contribution in [2.24, 2.45) is 5.92 Å². The summed E-state index contributed by atoms with van der Waals surface area (Å²) in [5.41, 5.74) is 1.58. The minimum atomic E-state index is 0.165. The molecule has 0 aliphatic heterocycles. The highest BCUT2D eigenvalue weighted by atomic mass is 15.1. The molecule has 19 heavy (non-hydrogen) atoms. The molecular weight excluding hydrogens is 232 g/mol. The van der Waals surface area contributed by atoms with Gasteiger partial charge in [-0.1, -0.05) is 36.4 Å². The fraction of sp³-hybridized carbons (Fsp3) is 0.471. The van der Waals surface area contributed by atoms with Crippen LogP contribution < -0.4 is 0 Å². The number of benzene rings is 1. The second kappa shape index (κ2) is 6.04. The van der Waals surface area contributed by atoms with Crippen molar-refractivity contribution in [2.45, 2.75) is 31.2 Å². The average molecular weight is 254 g/mol. The van der Waals surface area contributed by atoms with E-state index in [1.54, 1.807) is 6.08 Å². The van der Waals surface area contributed by atoms with Gasteiger partial charge in [-0.3, -0.25) is 4.90 Å². The van der Waals surface area contributed by atoms with Gasteiger partial charge in [-0.2, -0.15) is 5.26 Å². The van der Waals surface area contributed by atoms with Gasteiger partial charge in [0.2, 0.25) is 0 Å². The summed E-state index contributed by atoms with van der Waals surface area (Å²) >= 11 is 0. The molecule has 1 aliphatic rings. The quantitative estimate of drug-likeness (QED) is 0.769. The molecule has 0 atom stereocenters. The molecule has 2 rings (SSSR count). The van der Waals surface area contributed by atoms with E-state index < -0.39 is 0 Å². The van der Waals surface area contributed by atoms with Crippen LogP contribution in [0.2, 0.25) is 0 Å². The first-order chi connectivity index (χ1) is 9.19. The summed E-state index contributed by atoms with van der Waals surface area (Å²) in [5, 5.41) is 8.62. The number of nitriles is 1. The smallest absolute Gasteiger partial charge is 0.0908 e. The van der Waals surface area contributed by atoms with Crippen molar-refractivity contribution in [2.75, 3.05) is 14.1 Å². The third-order valence-electron chi connectivity index (χ3n) is 4.47. The fourth-order valence-electron chi connectivity index (χ4n) is 3.23. The summed E-state index contributed by atoms with van der Waals surface area (Å²) in [6.07, 6.45) is 8.34. The molecule has 2 heteroatoms. The van der Waals surface area contributed by atoms with Crippen molar-refractivity contribution >= 4 is 0 Å². The first-order valence-corrected chi connectivity index (χ1v) is 6.98. The molecule has 1 saturated carbocycles. The summed E-state index contributed by atoms with van der Waals surface area (Å²) < 4.78 is 0. The summed E-state index contributed by atoms with van der Waals surface area (Å²) in [7, 11) is 4.36. The molecule has 0 N–H and O–H groups in total. The highest BCUT2D eigenvalue weighted by molar-refractivity contribution is 5.25. The first-order valence-electron chi connectivity index (χ1n) is 6.98. The van der Waals surface area contributed by atoms with Crippen molar-refractivity contribution < 1.29 is 0 Å². The first kappa shape index (κ1) is 13.8. The minimum absolute atomic E-state index is 0.165. The van der Waals surface area contributed by atoms with Crippen LogP contribution in [-0.4, -0.2) is 19.0 Å². The lowest BCUT2D eigenvalue weighted by Crippen LogP contribution is -2.44. The number of hydrogen-bond donors (Lipinski definition) is 0. The largest absolute Gasteiger partial charge is 0.300 e. The number of allylic oxidation sites excluding steroid dienone is 2. The van der Waals surface area contributed by atoms with Gasteiger partial charge in [0, 0.05) is 11.6 Å². The Balaban J connectivity index is 2.17. The molecule has 2 nitrogen and oxygen atoms in total. The second-order valence-electron chi connectivity index (χ2n) is 5.62. The van der Waals surface area contributed by atoms with Crippen LogP contribution in [0, 0.1) is 17.2 Å². The molecule has 0 unspecified atom stereocenters. The predicted molar refractivity (Wildman–Crippen MR) is 78.5 cm³/mol. The summed E-state index contributed by atoms with van der Waals surface area (Å²) in [6, 6.07) is 12.9. The molecule has 0 aromatic heterocycles. The molecule has 1 aromatic rings. The SMILES string of the molecule is CN(C)C1(c2ccccc2)CCC(C=CC#N)CC1. The van der Waals surface area contributed by atoms with E-state index in [4.69, 9.17) is 5.26 Å². The van der Waals surface area contributed by atoms with Crippen LogP contribution in [0.3, 0.4) is 0 Å². The van der Waals surface area contributed by atoms with Crippen LogP contribution in [0.1, 0.15) is 31.2 Å². The highest BCUT2D eigenvalue weighted by Gasteiger charge is 2.37. The van der Waals surface area contributed by atoms with Gasteiger partial charge in [-0.15, -0.1) is 0 Å². The van der Waals surface area contributed by atoms with Crippen molar-refractivity contribution in [3.63, 3.8) is 0 Å². The van der Waals surface area contributed by atoms with Gasteiger partial charge in [-0.05, 0) is 51.3 Å². The van der Waals surface area contributed by atoms with Crippen LogP contribution in [0.4, 0.5) is 0 Å². The molecule has 0 heterocycles. The molecular formula is C17H22N2. The Morgan fingerprint density at radius 3 is 2.37 bits per heavy atom. The predicted octanol–water partition coefficient (Wildman–Crippen LogP) is 3.71. The maximum atomic E-state index is 8.62. The minimum Gasteiger partial charge on any atom is -0.300 e. The van der Waals surface area contributed by atoms with E-state index in [1.807, 2.05) is 0 Å². The molecule has 0 spiro atoms. The topological polar surface area (TPSA) is 27.0 Å². The molecule has 1 aliphatic carbocycles. The van der Waals surface area contributed by atoms with Crippen molar-refractivity contribution in [3.05, 3.63) is 48.0 Å². The van der Waals surface area contributed by atoms with E-state index in [2.05, 4.69) is 61.5 Å². The van der Waals surface area contributed by atoms with Crippen LogP contribution in [0.5, 0.6) is 0 Å². The molecule has 0 radical (unpaired) electrons. The van der Waals surface area contributed by atoms with Gasteiger partial charge in [0.15, 0.2) is 0 Å². The molecule has 0 bridgehead atoms. The second-order valence-corrected chi connectivity index (χ2v) is 5.62. The van der Waals surface area contributed by atoms with Gasteiger partial charge in [0.25, 0.3) is 0 Å². The summed E-state index contributed by atoms with van der Waals surface area (Å²) in [5.74, 6) is 0.566. The third kappa shape index (κ3) is 2.88. The van der Waals surface area contributed by atoms with Crippen LogP contribution in [-0.2, 0) is 5.54 Å². The van der Waals surface area contributed by atoms with Gasteiger partial charge < -0.3 is 0 Å². The lowest BCUT2D eigenvalue weighted by molar-refractivity contribution is 0.0862. The van der Waals surface area contributed by atoms with Gasteiger partial charge >= 0.3 is 0 Å². The van der Waals surface area contributed by atoms with E-state index in [0.29, 0.717) is 5.92 Å². The maximum Gasteiger partial charge on any atom is 0.0908 e. The Morgan fingerprint density at radius 2 is 1.84 bits per heavy atom. The lowest BCUT2D eigenvalue weighted by Gasteiger charge is -2.45. The van der Waals surface area contributed by atoms with E-state index in [9.17, 15) is 0 Å². The van der Waals surface area contributed by atoms with Crippen molar-refractivity contribution in [1.82, 2.24) is 4.90 Å². The monoisotopic (exact) mass is 254 g/mol. The molecule has 100 valence electrons. The zero-order chi connectivity index (χ0) is 13.7. The Morgan fingerprint density at radius 1 is 1.21 bits per heavy atom. The Hall–Kier alpha value is -1.59. The molecule has 0 saturated heterocycles. The van der Waals surface area contributed by atoms with Gasteiger partial charge in [-0.25, -0.2) is 0 Å². The van der Waals surface area contributed by atoms with E-state index in [1.165, 1.54) is 5.56 Å². The molecule has 0 amide bonds. The van der Waals surface area contributed by atoms with Gasteiger partial charge in [0.1, 0.15) is 0 Å². The maximum absolute atomic E-state index is 8.62. The van der Waals surface area contributed by atoms with Crippen LogP contribution >= 0.6 is 0 Å². The van der Waals surface area contributed by atoms with Crippen molar-refractivity contribution in [3.8, 4) is 6.07 Å². The molecule has 1 aromatic carbocycles. The van der Waals surface area contributed by atoms with Crippen LogP contribution in [0.25, 0.3) is 0 Å². The molecule has 1 fully saturated rings. The lowest BCUT2D eigenvalue weighted by atomic mass is 9.72. The normalized spacial score (nSPS) is 27.6. The average Bonchev–Trinajstić information content (AvgIpc) is 2.46. The number of nitrogens with zero attached hydrogens (tertiary/aromatic N) is 2. The van der Waals surface area contributed by atoms with Crippen LogP contribution in [0.15, 0.2) is 42.5 Å². The number of rotatable bonds is 3. The Bertz CT molecular complexity index is 460. The van der Waals surface area contributed by atoms with E-state index >= 15 is 0 Å². The van der Waals surface area contributed by atoms with E-state index in [-0.39, 0.29) is 5.54 Å². The summed E-state index contributed by atoms with van der Waals surface area (Å²) in [6.45, 7) is 0. The zero-order valence-electron chi connectivity index (χ0n) is 11.8. The van der Waals surface area contributed by atoms with E-state index in [0.717, 1.165) is 25.7 Å².